The summed E-state index contributed by atoms with van der Waals surface area (Å²) in [6, 6.07) is 13.9. The number of Topliss-reactive ketones (excluding diaryl/α,β-unsaturated/α-hetero) is 1. The molecule has 0 spiro atoms. The van der Waals surface area contributed by atoms with E-state index in [1.807, 2.05) is 55.1 Å². The van der Waals surface area contributed by atoms with Crippen molar-refractivity contribution in [3.05, 3.63) is 70.4 Å². The van der Waals surface area contributed by atoms with Gasteiger partial charge in [0.15, 0.2) is 5.78 Å². The minimum atomic E-state index is -0.205. The lowest BCUT2D eigenvalue weighted by Crippen LogP contribution is -2.44. The lowest BCUT2D eigenvalue weighted by molar-refractivity contribution is -0.121. The summed E-state index contributed by atoms with van der Waals surface area (Å²) in [5.74, 6) is 0.809. The fraction of sp³-hybridized carbons (Fsp3) is 0.407. The predicted octanol–water partition coefficient (Wildman–Crippen LogP) is 5.87. The van der Waals surface area contributed by atoms with Crippen molar-refractivity contribution in [2.24, 2.45) is 5.41 Å². The first-order valence-electron chi connectivity index (χ1n) is 11.1. The normalized spacial score (nSPS) is 20.7. The molecule has 4 heteroatoms. The number of rotatable bonds is 4. The van der Waals surface area contributed by atoms with Crippen LogP contribution in [0.3, 0.4) is 0 Å². The van der Waals surface area contributed by atoms with Crippen LogP contribution in [0, 0.1) is 19.3 Å². The maximum Gasteiger partial charge on any atom is 0.232 e. The molecule has 1 aliphatic heterocycles. The zero-order chi connectivity index (χ0) is 22.3. The molecule has 0 saturated heterocycles. The van der Waals surface area contributed by atoms with Crippen LogP contribution in [0.5, 0.6) is 5.75 Å². The number of nitrogens with zero attached hydrogens (tertiary/aromatic N) is 1. The zero-order valence-corrected chi connectivity index (χ0v) is 19.1. The number of amides is 1. The highest BCUT2D eigenvalue weighted by Crippen LogP contribution is 2.48. The number of anilines is 1. The molecule has 4 nitrogen and oxygen atoms in total. The quantitative estimate of drug-likeness (QED) is 0.625. The van der Waals surface area contributed by atoms with Gasteiger partial charge in [0.2, 0.25) is 5.91 Å². The van der Waals surface area contributed by atoms with Crippen molar-refractivity contribution in [2.45, 2.75) is 59.8 Å². The Morgan fingerprint density at radius 3 is 2.42 bits per heavy atom. The average molecular weight is 418 g/mol. The first kappa shape index (κ1) is 21.4. The number of benzene rings is 2. The Morgan fingerprint density at radius 2 is 1.74 bits per heavy atom. The Kier molecular flexibility index (Phi) is 5.50. The van der Waals surface area contributed by atoms with Gasteiger partial charge in [-0.3, -0.25) is 14.5 Å². The Hall–Kier alpha value is -2.88. The molecule has 0 fully saturated rings. The van der Waals surface area contributed by atoms with Crippen LogP contribution >= 0.6 is 0 Å². The number of ether oxygens (including phenoxy) is 1. The molecule has 1 atom stereocenters. The summed E-state index contributed by atoms with van der Waals surface area (Å²) in [5.41, 5.74) is 5.63. The summed E-state index contributed by atoms with van der Waals surface area (Å²) >= 11 is 0. The van der Waals surface area contributed by atoms with E-state index >= 15 is 0 Å². The molecule has 1 heterocycles. The molecular formula is C27H31NO3. The van der Waals surface area contributed by atoms with Gasteiger partial charge < -0.3 is 4.74 Å². The molecule has 2 aromatic rings. The second kappa shape index (κ2) is 7.99. The van der Waals surface area contributed by atoms with Crippen molar-refractivity contribution < 1.29 is 14.3 Å². The average Bonchev–Trinajstić information content (AvgIpc) is 2.70. The van der Waals surface area contributed by atoms with Crippen LogP contribution in [0.25, 0.3) is 0 Å². The molecule has 1 unspecified atom stereocenters. The molecule has 0 saturated carbocycles. The molecular weight excluding hydrogens is 386 g/mol. The monoisotopic (exact) mass is 417 g/mol. The van der Waals surface area contributed by atoms with Gasteiger partial charge in [-0.05, 0) is 67.5 Å². The zero-order valence-electron chi connectivity index (χ0n) is 19.1. The largest absolute Gasteiger partial charge is 0.494 e. The van der Waals surface area contributed by atoms with Gasteiger partial charge in [0.1, 0.15) is 5.75 Å². The second-order valence-electron chi connectivity index (χ2n) is 9.51. The SMILES string of the molecule is CCOc1ccc(C2CC(=O)N(c3cccc(C)c3C)C3=C2C(=O)CC(C)(C)C3)cc1. The molecule has 31 heavy (non-hydrogen) atoms. The van der Waals surface area contributed by atoms with E-state index in [4.69, 9.17) is 4.74 Å². The minimum absolute atomic E-state index is 0.0526. The summed E-state index contributed by atoms with van der Waals surface area (Å²) < 4.78 is 5.57. The van der Waals surface area contributed by atoms with Gasteiger partial charge in [-0.1, -0.05) is 38.1 Å². The van der Waals surface area contributed by atoms with Crippen molar-refractivity contribution in [3.8, 4) is 5.75 Å². The van der Waals surface area contributed by atoms with Gasteiger partial charge in [0.05, 0.1) is 12.3 Å². The fourth-order valence-corrected chi connectivity index (χ4v) is 4.92. The van der Waals surface area contributed by atoms with Crippen LogP contribution < -0.4 is 9.64 Å². The van der Waals surface area contributed by atoms with Gasteiger partial charge in [-0.15, -0.1) is 0 Å². The van der Waals surface area contributed by atoms with Gasteiger partial charge in [0.25, 0.3) is 0 Å². The van der Waals surface area contributed by atoms with E-state index in [0.717, 1.165) is 39.4 Å². The van der Waals surface area contributed by atoms with Gasteiger partial charge in [0, 0.05) is 30.0 Å². The van der Waals surface area contributed by atoms with Crippen LogP contribution in [0.2, 0.25) is 0 Å². The molecule has 0 bridgehead atoms. The van der Waals surface area contributed by atoms with E-state index in [0.29, 0.717) is 25.9 Å². The fourth-order valence-electron chi connectivity index (χ4n) is 4.92. The second-order valence-corrected chi connectivity index (χ2v) is 9.51. The van der Waals surface area contributed by atoms with Crippen molar-refractivity contribution in [1.82, 2.24) is 0 Å². The Balaban J connectivity index is 1.86. The number of carbonyl (C=O) groups excluding carboxylic acids is 2. The van der Waals surface area contributed by atoms with Gasteiger partial charge >= 0.3 is 0 Å². The Morgan fingerprint density at radius 1 is 1.03 bits per heavy atom. The van der Waals surface area contributed by atoms with E-state index in [2.05, 4.69) is 26.8 Å². The highest BCUT2D eigenvalue weighted by Gasteiger charge is 2.44. The third kappa shape index (κ3) is 3.91. The first-order valence-corrected chi connectivity index (χ1v) is 11.1. The van der Waals surface area contributed by atoms with Crippen LogP contribution in [0.15, 0.2) is 53.7 Å². The van der Waals surface area contributed by atoms with Crippen LogP contribution in [-0.2, 0) is 9.59 Å². The smallest absolute Gasteiger partial charge is 0.232 e. The summed E-state index contributed by atoms with van der Waals surface area (Å²) in [6.45, 7) is 10.9. The number of carbonyl (C=O) groups is 2. The molecule has 1 aliphatic carbocycles. The highest BCUT2D eigenvalue weighted by atomic mass is 16.5. The lowest BCUT2D eigenvalue weighted by Gasteiger charge is -2.43. The number of ketones is 1. The number of aryl methyl sites for hydroxylation is 1. The first-order chi connectivity index (χ1) is 14.7. The number of hydrogen-bond acceptors (Lipinski definition) is 3. The van der Waals surface area contributed by atoms with E-state index < -0.39 is 0 Å². The summed E-state index contributed by atoms with van der Waals surface area (Å²) in [6.07, 6.45) is 1.52. The maximum absolute atomic E-state index is 13.5. The number of hydrogen-bond donors (Lipinski definition) is 0. The topological polar surface area (TPSA) is 46.6 Å². The van der Waals surface area contributed by atoms with Gasteiger partial charge in [-0.2, -0.15) is 0 Å². The Bertz CT molecular complexity index is 1060. The molecule has 0 N–H and O–H groups in total. The van der Waals surface area contributed by atoms with Gasteiger partial charge in [-0.25, -0.2) is 0 Å². The predicted molar refractivity (Wildman–Crippen MR) is 123 cm³/mol. The maximum atomic E-state index is 13.5. The van der Waals surface area contributed by atoms with E-state index in [1.54, 1.807) is 0 Å². The third-order valence-corrected chi connectivity index (χ3v) is 6.55. The molecule has 162 valence electrons. The van der Waals surface area contributed by atoms with Crippen molar-refractivity contribution >= 4 is 17.4 Å². The van der Waals surface area contributed by atoms with Crippen molar-refractivity contribution in [1.29, 1.82) is 0 Å². The third-order valence-electron chi connectivity index (χ3n) is 6.55. The molecule has 0 aromatic heterocycles. The lowest BCUT2D eigenvalue weighted by atomic mass is 9.69. The molecule has 0 radical (unpaired) electrons. The standard InChI is InChI=1S/C27H31NO3/c1-6-31-20-12-10-19(11-13-20)21-14-25(30)28(22-9-7-8-17(2)18(22)3)23-15-27(4,5)16-24(29)26(21)23/h7-13,21H,6,14-16H2,1-5H3. The summed E-state index contributed by atoms with van der Waals surface area (Å²) in [4.78, 5) is 28.8. The van der Waals surface area contributed by atoms with E-state index in [1.165, 1.54) is 0 Å². The van der Waals surface area contributed by atoms with Crippen molar-refractivity contribution in [2.75, 3.05) is 11.5 Å². The Labute approximate surface area is 184 Å². The highest BCUT2D eigenvalue weighted by molar-refractivity contribution is 6.08. The van der Waals surface area contributed by atoms with Crippen LogP contribution in [0.1, 0.15) is 62.6 Å². The van der Waals surface area contributed by atoms with Crippen LogP contribution in [0.4, 0.5) is 5.69 Å². The summed E-state index contributed by atoms with van der Waals surface area (Å²) in [5, 5.41) is 0. The summed E-state index contributed by atoms with van der Waals surface area (Å²) in [7, 11) is 0. The molecule has 1 amide bonds. The number of allylic oxidation sites excluding steroid dienone is 2. The van der Waals surface area contributed by atoms with E-state index in [9.17, 15) is 9.59 Å². The molecule has 2 aromatic carbocycles. The minimum Gasteiger partial charge on any atom is -0.494 e. The molecule has 2 aliphatic rings. The van der Waals surface area contributed by atoms with Crippen LogP contribution in [-0.4, -0.2) is 18.3 Å². The van der Waals surface area contributed by atoms with E-state index in [-0.39, 0.29) is 23.0 Å². The molecule has 4 rings (SSSR count). The van der Waals surface area contributed by atoms with Crippen molar-refractivity contribution in [3.63, 3.8) is 0 Å².